The minimum absolute atomic E-state index is 0.0337. The van der Waals surface area contributed by atoms with E-state index in [2.05, 4.69) is 16.0 Å². The summed E-state index contributed by atoms with van der Waals surface area (Å²) >= 11 is 1.43. The Labute approximate surface area is 190 Å². The second kappa shape index (κ2) is 10.1. The number of benzene rings is 2. The Kier molecular flexibility index (Phi) is 6.81. The number of anilines is 3. The summed E-state index contributed by atoms with van der Waals surface area (Å²) < 4.78 is 0. The van der Waals surface area contributed by atoms with Gasteiger partial charge >= 0.3 is 6.03 Å². The van der Waals surface area contributed by atoms with Crippen LogP contribution in [0.2, 0.25) is 0 Å². The molecule has 0 saturated carbocycles. The van der Waals surface area contributed by atoms with Gasteiger partial charge in [0.1, 0.15) is 0 Å². The highest BCUT2D eigenvalue weighted by Crippen LogP contribution is 2.23. The molecule has 1 aliphatic rings. The minimum Gasteiger partial charge on any atom is -0.338 e. The zero-order valence-corrected chi connectivity index (χ0v) is 18.2. The first kappa shape index (κ1) is 21.6. The molecule has 1 fully saturated rings. The van der Waals surface area contributed by atoms with Crippen molar-refractivity contribution < 1.29 is 14.4 Å². The molecule has 2 heterocycles. The monoisotopic (exact) mass is 448 g/mol. The number of nitrogens with zero attached hydrogens (tertiary/aromatic N) is 1. The number of amides is 4. The van der Waals surface area contributed by atoms with Crippen molar-refractivity contribution in [3.05, 3.63) is 77.0 Å². The van der Waals surface area contributed by atoms with Gasteiger partial charge in [0, 0.05) is 36.1 Å². The van der Waals surface area contributed by atoms with Crippen LogP contribution in [-0.4, -0.2) is 35.8 Å². The van der Waals surface area contributed by atoms with E-state index in [9.17, 15) is 14.4 Å². The van der Waals surface area contributed by atoms with E-state index in [-0.39, 0.29) is 23.8 Å². The second-order valence-corrected chi connectivity index (χ2v) is 8.51. The summed E-state index contributed by atoms with van der Waals surface area (Å²) in [5, 5.41) is 10.4. The summed E-state index contributed by atoms with van der Waals surface area (Å²) in [6, 6.07) is 19.5. The maximum atomic E-state index is 12.7. The molecule has 0 bridgehead atoms. The van der Waals surface area contributed by atoms with Gasteiger partial charge in [-0.2, -0.15) is 0 Å². The van der Waals surface area contributed by atoms with Crippen LogP contribution in [-0.2, 0) is 4.79 Å². The lowest BCUT2D eigenvalue weighted by Gasteiger charge is -2.31. The highest BCUT2D eigenvalue weighted by atomic mass is 32.1. The Morgan fingerprint density at radius 2 is 1.44 bits per heavy atom. The van der Waals surface area contributed by atoms with Crippen LogP contribution in [0, 0.1) is 5.92 Å². The van der Waals surface area contributed by atoms with Crippen molar-refractivity contribution in [2.75, 3.05) is 29.0 Å². The van der Waals surface area contributed by atoms with Crippen LogP contribution in [0.4, 0.5) is 21.9 Å². The largest absolute Gasteiger partial charge is 0.338 e. The van der Waals surface area contributed by atoms with Gasteiger partial charge in [-0.1, -0.05) is 30.3 Å². The molecule has 4 rings (SSSR count). The number of thiophene rings is 1. The highest BCUT2D eigenvalue weighted by Gasteiger charge is 2.28. The third kappa shape index (κ3) is 5.53. The molecule has 4 amide bonds. The third-order valence-corrected chi connectivity index (χ3v) is 6.16. The van der Waals surface area contributed by atoms with E-state index >= 15 is 0 Å². The lowest BCUT2D eigenvalue weighted by molar-refractivity contribution is -0.121. The molecule has 8 heteroatoms. The van der Waals surface area contributed by atoms with Gasteiger partial charge in [0.25, 0.3) is 5.91 Å². The molecule has 0 unspecified atom stereocenters. The first-order valence-corrected chi connectivity index (χ1v) is 11.3. The molecule has 3 aromatic rings. The Morgan fingerprint density at radius 3 is 2.12 bits per heavy atom. The number of piperidine rings is 1. The molecular formula is C24H24N4O3S. The van der Waals surface area contributed by atoms with Crippen LogP contribution >= 0.6 is 11.3 Å². The molecule has 164 valence electrons. The Bertz CT molecular complexity index is 1080. The van der Waals surface area contributed by atoms with E-state index in [0.29, 0.717) is 43.0 Å². The average Bonchev–Trinajstić information content (AvgIpc) is 3.34. The summed E-state index contributed by atoms with van der Waals surface area (Å²) in [5.74, 6) is -0.189. The van der Waals surface area contributed by atoms with Gasteiger partial charge in [-0.15, -0.1) is 11.3 Å². The molecule has 2 aromatic carbocycles. The first-order chi connectivity index (χ1) is 15.6. The predicted molar refractivity (Wildman–Crippen MR) is 127 cm³/mol. The minimum atomic E-state index is -0.359. The van der Waals surface area contributed by atoms with E-state index in [1.165, 1.54) is 11.3 Å². The van der Waals surface area contributed by atoms with E-state index in [0.717, 1.165) is 4.88 Å². The molecule has 3 N–H and O–H groups in total. The van der Waals surface area contributed by atoms with Gasteiger partial charge < -0.3 is 20.9 Å². The number of rotatable bonds is 5. The standard InChI is InChI=1S/C24H24N4O3S/c29-22(17-11-13-28(14-12-17)23(30)21-10-5-15-32-21)25-19-8-4-9-20(16-19)27-24(31)26-18-6-2-1-3-7-18/h1-10,15-17H,11-14H2,(H,25,29)(H2,26,27,31). The van der Waals surface area contributed by atoms with Crippen molar-refractivity contribution in [1.29, 1.82) is 0 Å². The number of nitrogens with one attached hydrogen (secondary N) is 3. The molecule has 7 nitrogen and oxygen atoms in total. The molecule has 1 aromatic heterocycles. The molecule has 0 radical (unpaired) electrons. The highest BCUT2D eigenvalue weighted by molar-refractivity contribution is 7.12. The van der Waals surface area contributed by atoms with Crippen LogP contribution in [0.15, 0.2) is 72.1 Å². The molecule has 0 aliphatic carbocycles. The van der Waals surface area contributed by atoms with Crippen LogP contribution < -0.4 is 16.0 Å². The zero-order chi connectivity index (χ0) is 22.3. The van der Waals surface area contributed by atoms with E-state index < -0.39 is 0 Å². The van der Waals surface area contributed by atoms with Gasteiger partial charge in [-0.05, 0) is 54.6 Å². The SMILES string of the molecule is O=C(Nc1ccccc1)Nc1cccc(NC(=O)C2CCN(C(=O)c3cccs3)CC2)c1. The van der Waals surface area contributed by atoms with Crippen LogP contribution in [0.1, 0.15) is 22.5 Å². The predicted octanol–water partition coefficient (Wildman–Crippen LogP) is 4.88. The second-order valence-electron chi connectivity index (χ2n) is 7.56. The fourth-order valence-electron chi connectivity index (χ4n) is 3.63. The van der Waals surface area contributed by atoms with Crippen LogP contribution in [0.3, 0.4) is 0 Å². The molecule has 1 saturated heterocycles. The molecule has 1 aliphatic heterocycles. The Morgan fingerprint density at radius 1 is 0.781 bits per heavy atom. The first-order valence-electron chi connectivity index (χ1n) is 10.5. The maximum Gasteiger partial charge on any atom is 0.323 e. The van der Waals surface area contributed by atoms with Gasteiger partial charge in [-0.3, -0.25) is 9.59 Å². The van der Waals surface area contributed by atoms with Crippen molar-refractivity contribution in [1.82, 2.24) is 4.90 Å². The van der Waals surface area contributed by atoms with E-state index in [1.54, 1.807) is 36.4 Å². The van der Waals surface area contributed by atoms with Crippen LogP contribution in [0.25, 0.3) is 0 Å². The summed E-state index contributed by atoms with van der Waals surface area (Å²) in [4.78, 5) is 39.9. The molecule has 32 heavy (non-hydrogen) atoms. The van der Waals surface area contributed by atoms with Gasteiger partial charge in [0.2, 0.25) is 5.91 Å². The fourth-order valence-corrected chi connectivity index (χ4v) is 4.33. The van der Waals surface area contributed by atoms with Gasteiger partial charge in [0.05, 0.1) is 4.88 Å². The van der Waals surface area contributed by atoms with Gasteiger partial charge in [0.15, 0.2) is 0 Å². The topological polar surface area (TPSA) is 90.5 Å². The number of likely N-dealkylation sites (tertiary alicyclic amines) is 1. The number of urea groups is 1. The fraction of sp³-hybridized carbons (Fsp3) is 0.208. The number of para-hydroxylation sites is 1. The quantitative estimate of drug-likeness (QED) is 0.519. The lowest BCUT2D eigenvalue weighted by atomic mass is 9.95. The summed E-state index contributed by atoms with van der Waals surface area (Å²) in [7, 11) is 0. The third-order valence-electron chi connectivity index (χ3n) is 5.30. The van der Waals surface area contributed by atoms with Crippen LogP contribution in [0.5, 0.6) is 0 Å². The summed E-state index contributed by atoms with van der Waals surface area (Å²) in [5.41, 5.74) is 1.88. The normalized spacial score (nSPS) is 13.9. The number of carbonyl (C=O) groups excluding carboxylic acids is 3. The maximum absolute atomic E-state index is 12.7. The number of carbonyl (C=O) groups is 3. The van der Waals surface area contributed by atoms with E-state index in [1.807, 2.05) is 40.6 Å². The zero-order valence-electron chi connectivity index (χ0n) is 17.4. The summed E-state index contributed by atoms with van der Waals surface area (Å²) in [6.07, 6.45) is 1.25. The number of hydrogen-bond acceptors (Lipinski definition) is 4. The van der Waals surface area contributed by atoms with Gasteiger partial charge in [-0.25, -0.2) is 4.79 Å². The number of hydrogen-bond donors (Lipinski definition) is 3. The molecule has 0 atom stereocenters. The lowest BCUT2D eigenvalue weighted by Crippen LogP contribution is -2.41. The van der Waals surface area contributed by atoms with Crippen molar-refractivity contribution in [3.8, 4) is 0 Å². The van der Waals surface area contributed by atoms with Crippen molar-refractivity contribution in [2.24, 2.45) is 5.92 Å². The Hall–Kier alpha value is -3.65. The average molecular weight is 449 g/mol. The van der Waals surface area contributed by atoms with Crippen molar-refractivity contribution >= 4 is 46.2 Å². The Balaban J connectivity index is 1.28. The van der Waals surface area contributed by atoms with Crippen molar-refractivity contribution in [2.45, 2.75) is 12.8 Å². The molecule has 0 spiro atoms. The van der Waals surface area contributed by atoms with Crippen molar-refractivity contribution in [3.63, 3.8) is 0 Å². The molecular weight excluding hydrogens is 424 g/mol. The summed E-state index contributed by atoms with van der Waals surface area (Å²) in [6.45, 7) is 1.13. The van der Waals surface area contributed by atoms with E-state index in [4.69, 9.17) is 0 Å². The smallest absolute Gasteiger partial charge is 0.323 e.